The van der Waals surface area contributed by atoms with Crippen molar-refractivity contribution in [1.82, 2.24) is 4.90 Å². The summed E-state index contributed by atoms with van der Waals surface area (Å²) in [5.74, 6) is -0.642. The van der Waals surface area contributed by atoms with Gasteiger partial charge in [0.25, 0.3) is 0 Å². The minimum absolute atomic E-state index is 0.612. The second kappa shape index (κ2) is 9.38. The summed E-state index contributed by atoms with van der Waals surface area (Å²) < 4.78 is 0. The molecule has 1 rings (SSSR count). The fraction of sp³-hybridized carbons (Fsp3) is 0.941. The molecule has 0 saturated carbocycles. The molecule has 118 valence electrons. The van der Waals surface area contributed by atoms with Crippen LogP contribution >= 0.6 is 0 Å². The zero-order valence-corrected chi connectivity index (χ0v) is 13.5. The Kier molecular flexibility index (Phi) is 8.20. The lowest BCUT2D eigenvalue weighted by molar-refractivity contribution is -0.152. The second-order valence-corrected chi connectivity index (χ2v) is 6.50. The molecule has 1 fully saturated rings. The van der Waals surface area contributed by atoms with Gasteiger partial charge in [0, 0.05) is 0 Å². The van der Waals surface area contributed by atoms with Gasteiger partial charge in [-0.15, -0.1) is 0 Å². The third-order valence-electron chi connectivity index (χ3n) is 4.78. The van der Waals surface area contributed by atoms with Gasteiger partial charge < -0.3 is 5.11 Å². The van der Waals surface area contributed by atoms with Crippen LogP contribution in [-0.2, 0) is 4.79 Å². The fourth-order valence-corrected chi connectivity index (χ4v) is 3.21. The van der Waals surface area contributed by atoms with Crippen LogP contribution in [0.1, 0.15) is 84.5 Å². The molecule has 1 atom stereocenters. The summed E-state index contributed by atoms with van der Waals surface area (Å²) in [6.07, 6.45) is 13.5. The Morgan fingerprint density at radius 1 is 1.05 bits per heavy atom. The highest BCUT2D eigenvalue weighted by Gasteiger charge is 2.40. The molecule has 1 N–H and O–H groups in total. The molecule has 0 aromatic rings. The van der Waals surface area contributed by atoms with E-state index in [9.17, 15) is 9.90 Å². The number of aliphatic carboxylic acids is 1. The van der Waals surface area contributed by atoms with Crippen LogP contribution in [0.4, 0.5) is 0 Å². The van der Waals surface area contributed by atoms with E-state index in [-0.39, 0.29) is 0 Å². The molecule has 0 radical (unpaired) electrons. The number of hydrogen-bond donors (Lipinski definition) is 1. The lowest BCUT2D eigenvalue weighted by Gasteiger charge is -2.41. The highest BCUT2D eigenvalue weighted by atomic mass is 16.4. The third kappa shape index (κ3) is 5.43. The van der Waals surface area contributed by atoms with E-state index in [1.54, 1.807) is 0 Å². The standard InChI is InChI=1S/C17H33NO2/c1-3-4-5-6-7-8-9-11-14-18-15-12-10-13-17(18,2)16(19)20/h3-15H2,1-2H3,(H,19,20). The van der Waals surface area contributed by atoms with Crippen LogP contribution in [0, 0.1) is 0 Å². The van der Waals surface area contributed by atoms with Crippen molar-refractivity contribution in [1.29, 1.82) is 0 Å². The van der Waals surface area contributed by atoms with Crippen molar-refractivity contribution in [2.75, 3.05) is 13.1 Å². The van der Waals surface area contributed by atoms with Crippen LogP contribution in [0.15, 0.2) is 0 Å². The van der Waals surface area contributed by atoms with E-state index in [2.05, 4.69) is 11.8 Å². The lowest BCUT2D eigenvalue weighted by atomic mass is 9.88. The Balaban J connectivity index is 2.15. The first kappa shape index (κ1) is 17.5. The molecule has 20 heavy (non-hydrogen) atoms. The van der Waals surface area contributed by atoms with Crippen LogP contribution in [0.5, 0.6) is 0 Å². The van der Waals surface area contributed by atoms with E-state index < -0.39 is 11.5 Å². The quantitative estimate of drug-likeness (QED) is 0.602. The van der Waals surface area contributed by atoms with Crippen molar-refractivity contribution in [2.45, 2.75) is 90.0 Å². The molecule has 0 bridgehead atoms. The summed E-state index contributed by atoms with van der Waals surface area (Å²) in [6, 6.07) is 0. The van der Waals surface area contributed by atoms with Crippen LogP contribution in [0.25, 0.3) is 0 Å². The predicted molar refractivity (Wildman–Crippen MR) is 84.1 cm³/mol. The SMILES string of the molecule is CCCCCCCCCCN1CCCCC1(C)C(=O)O. The molecule has 0 aromatic carbocycles. The van der Waals surface area contributed by atoms with Gasteiger partial charge in [-0.1, -0.05) is 51.9 Å². The molecule has 1 heterocycles. The van der Waals surface area contributed by atoms with Crippen molar-refractivity contribution in [3.8, 4) is 0 Å². The fourth-order valence-electron chi connectivity index (χ4n) is 3.21. The maximum atomic E-state index is 11.5. The van der Waals surface area contributed by atoms with Gasteiger partial charge in [-0.05, 0) is 45.7 Å². The molecule has 0 aromatic heterocycles. The first-order chi connectivity index (χ1) is 9.61. The average molecular weight is 283 g/mol. The molecule has 0 aliphatic carbocycles. The number of carboxylic acid groups (broad SMARTS) is 1. The monoisotopic (exact) mass is 283 g/mol. The van der Waals surface area contributed by atoms with Gasteiger partial charge >= 0.3 is 5.97 Å². The summed E-state index contributed by atoms with van der Waals surface area (Å²) in [7, 11) is 0. The van der Waals surface area contributed by atoms with Crippen molar-refractivity contribution in [3.05, 3.63) is 0 Å². The number of carboxylic acids is 1. The van der Waals surface area contributed by atoms with Crippen molar-refractivity contribution in [3.63, 3.8) is 0 Å². The maximum Gasteiger partial charge on any atom is 0.323 e. The summed E-state index contributed by atoms with van der Waals surface area (Å²) in [4.78, 5) is 13.7. The molecule has 1 saturated heterocycles. The van der Waals surface area contributed by atoms with Crippen LogP contribution < -0.4 is 0 Å². The Morgan fingerprint density at radius 3 is 2.25 bits per heavy atom. The van der Waals surface area contributed by atoms with Crippen molar-refractivity contribution < 1.29 is 9.90 Å². The minimum atomic E-state index is -0.642. The Morgan fingerprint density at radius 2 is 1.65 bits per heavy atom. The topological polar surface area (TPSA) is 40.5 Å². The number of nitrogens with zero attached hydrogens (tertiary/aromatic N) is 1. The van der Waals surface area contributed by atoms with Gasteiger partial charge in [0.15, 0.2) is 0 Å². The van der Waals surface area contributed by atoms with Gasteiger partial charge in [0.1, 0.15) is 5.54 Å². The number of carbonyl (C=O) groups is 1. The molecule has 1 aliphatic heterocycles. The number of rotatable bonds is 10. The van der Waals surface area contributed by atoms with E-state index in [0.717, 1.165) is 38.8 Å². The Bertz CT molecular complexity index is 280. The summed E-state index contributed by atoms with van der Waals surface area (Å²) >= 11 is 0. The number of likely N-dealkylation sites (tertiary alicyclic amines) is 1. The molecule has 1 aliphatic rings. The molecule has 0 amide bonds. The minimum Gasteiger partial charge on any atom is -0.480 e. The number of hydrogen-bond acceptors (Lipinski definition) is 2. The van der Waals surface area contributed by atoms with Gasteiger partial charge in [0.2, 0.25) is 0 Å². The van der Waals surface area contributed by atoms with Gasteiger partial charge in [-0.3, -0.25) is 9.69 Å². The molecule has 0 spiro atoms. The van der Waals surface area contributed by atoms with Crippen LogP contribution in [0.3, 0.4) is 0 Å². The largest absolute Gasteiger partial charge is 0.480 e. The lowest BCUT2D eigenvalue weighted by Crippen LogP contribution is -2.55. The Labute approximate surface area is 124 Å². The molecule has 3 nitrogen and oxygen atoms in total. The Hall–Kier alpha value is -0.570. The smallest absolute Gasteiger partial charge is 0.323 e. The summed E-state index contributed by atoms with van der Waals surface area (Å²) in [5, 5.41) is 9.45. The first-order valence-corrected chi connectivity index (χ1v) is 8.59. The molecular formula is C17H33NO2. The molecule has 1 unspecified atom stereocenters. The first-order valence-electron chi connectivity index (χ1n) is 8.59. The molecule has 3 heteroatoms. The van der Waals surface area contributed by atoms with Crippen LogP contribution in [0.2, 0.25) is 0 Å². The van der Waals surface area contributed by atoms with E-state index >= 15 is 0 Å². The van der Waals surface area contributed by atoms with Gasteiger partial charge in [-0.25, -0.2) is 0 Å². The zero-order chi connectivity index (χ0) is 14.8. The average Bonchev–Trinajstić information content (AvgIpc) is 2.43. The second-order valence-electron chi connectivity index (χ2n) is 6.50. The predicted octanol–water partition coefficient (Wildman–Crippen LogP) is 4.46. The summed E-state index contributed by atoms with van der Waals surface area (Å²) in [6.45, 7) is 6.06. The highest BCUT2D eigenvalue weighted by molar-refractivity contribution is 5.78. The number of piperidine rings is 1. The van der Waals surface area contributed by atoms with E-state index in [4.69, 9.17) is 0 Å². The van der Waals surface area contributed by atoms with E-state index in [0.29, 0.717) is 0 Å². The van der Waals surface area contributed by atoms with E-state index in [1.807, 2.05) is 6.92 Å². The number of unbranched alkanes of at least 4 members (excludes halogenated alkanes) is 7. The highest BCUT2D eigenvalue weighted by Crippen LogP contribution is 2.28. The summed E-state index contributed by atoms with van der Waals surface area (Å²) in [5.41, 5.74) is -0.612. The van der Waals surface area contributed by atoms with Crippen LogP contribution in [-0.4, -0.2) is 34.6 Å². The van der Waals surface area contributed by atoms with Crippen molar-refractivity contribution in [2.24, 2.45) is 0 Å². The zero-order valence-electron chi connectivity index (χ0n) is 13.5. The van der Waals surface area contributed by atoms with Crippen molar-refractivity contribution >= 4 is 5.97 Å². The van der Waals surface area contributed by atoms with Gasteiger partial charge in [-0.2, -0.15) is 0 Å². The maximum absolute atomic E-state index is 11.5. The molecular weight excluding hydrogens is 250 g/mol. The third-order valence-corrected chi connectivity index (χ3v) is 4.78. The van der Waals surface area contributed by atoms with Gasteiger partial charge in [0.05, 0.1) is 0 Å². The normalized spacial score (nSPS) is 23.9. The van der Waals surface area contributed by atoms with E-state index in [1.165, 1.54) is 44.9 Å².